The number of benzene rings is 2. The first kappa shape index (κ1) is 17.7. The Labute approximate surface area is 140 Å². The van der Waals surface area contributed by atoms with Gasteiger partial charge in [0.2, 0.25) is 0 Å². The Morgan fingerprint density at radius 1 is 0.708 bits per heavy atom. The van der Waals surface area contributed by atoms with Crippen molar-refractivity contribution in [1.82, 2.24) is 10.6 Å². The topological polar surface area (TPSA) is 98.7 Å². The second-order valence-corrected chi connectivity index (χ2v) is 5.33. The number of carbonyl (C=O) groups is 2. The van der Waals surface area contributed by atoms with Gasteiger partial charge in [-0.25, -0.2) is 0 Å². The lowest BCUT2D eigenvalue weighted by molar-refractivity contribution is -0.137. The van der Waals surface area contributed by atoms with Gasteiger partial charge in [-0.15, -0.1) is 0 Å². The quantitative estimate of drug-likeness (QED) is 0.560. The molecule has 0 aromatic heterocycles. The SMILES string of the molecule is O=C(O)CN[C@@H](c1ccccc1)[C@@H](NCC(=O)O)c1ccccc1. The van der Waals surface area contributed by atoms with E-state index >= 15 is 0 Å². The summed E-state index contributed by atoms with van der Waals surface area (Å²) in [5.74, 6) is -1.94. The van der Waals surface area contributed by atoms with Crippen molar-refractivity contribution in [3.05, 3.63) is 71.8 Å². The minimum Gasteiger partial charge on any atom is -0.480 e. The largest absolute Gasteiger partial charge is 0.480 e. The molecule has 0 unspecified atom stereocenters. The fourth-order valence-electron chi connectivity index (χ4n) is 2.57. The first-order valence-corrected chi connectivity index (χ1v) is 7.58. The first-order valence-electron chi connectivity index (χ1n) is 7.58. The van der Waals surface area contributed by atoms with Crippen LogP contribution in [0.15, 0.2) is 60.7 Å². The summed E-state index contributed by atoms with van der Waals surface area (Å²) in [6, 6.07) is 18.0. The second-order valence-electron chi connectivity index (χ2n) is 5.33. The lowest BCUT2D eigenvalue weighted by Crippen LogP contribution is -2.39. The van der Waals surface area contributed by atoms with Crippen molar-refractivity contribution in [3.8, 4) is 0 Å². The van der Waals surface area contributed by atoms with Gasteiger partial charge in [0.1, 0.15) is 0 Å². The molecule has 0 aliphatic rings. The molecule has 2 atom stereocenters. The molecule has 6 heteroatoms. The van der Waals surface area contributed by atoms with Crippen LogP contribution in [0.3, 0.4) is 0 Å². The van der Waals surface area contributed by atoms with Crippen molar-refractivity contribution >= 4 is 11.9 Å². The highest BCUT2D eigenvalue weighted by molar-refractivity contribution is 5.69. The molecule has 126 valence electrons. The van der Waals surface area contributed by atoms with E-state index in [0.29, 0.717) is 0 Å². The Hall–Kier alpha value is -2.70. The molecule has 0 spiro atoms. The predicted octanol–water partition coefficient (Wildman–Crippen LogP) is 1.82. The van der Waals surface area contributed by atoms with Gasteiger partial charge in [-0.3, -0.25) is 20.2 Å². The van der Waals surface area contributed by atoms with Gasteiger partial charge in [-0.05, 0) is 11.1 Å². The van der Waals surface area contributed by atoms with E-state index in [-0.39, 0.29) is 25.2 Å². The van der Waals surface area contributed by atoms with Gasteiger partial charge in [0.25, 0.3) is 0 Å². The molecule has 0 heterocycles. The van der Waals surface area contributed by atoms with Crippen LogP contribution in [-0.4, -0.2) is 35.2 Å². The molecule has 0 aliphatic heterocycles. The average Bonchev–Trinajstić information content (AvgIpc) is 2.59. The van der Waals surface area contributed by atoms with Crippen LogP contribution in [-0.2, 0) is 9.59 Å². The molecular weight excluding hydrogens is 308 g/mol. The van der Waals surface area contributed by atoms with Crippen molar-refractivity contribution in [2.45, 2.75) is 12.1 Å². The third-order valence-electron chi connectivity index (χ3n) is 3.60. The third-order valence-corrected chi connectivity index (χ3v) is 3.60. The molecule has 2 aromatic carbocycles. The van der Waals surface area contributed by atoms with Crippen LogP contribution in [0.2, 0.25) is 0 Å². The van der Waals surface area contributed by atoms with Gasteiger partial charge in [0.15, 0.2) is 0 Å². The minimum atomic E-state index is -0.971. The van der Waals surface area contributed by atoms with Gasteiger partial charge in [0.05, 0.1) is 25.2 Å². The Morgan fingerprint density at radius 2 is 1.04 bits per heavy atom. The number of rotatable bonds is 9. The van der Waals surface area contributed by atoms with Crippen molar-refractivity contribution in [3.63, 3.8) is 0 Å². The smallest absolute Gasteiger partial charge is 0.317 e. The molecule has 6 nitrogen and oxygen atoms in total. The fourth-order valence-corrected chi connectivity index (χ4v) is 2.57. The molecule has 0 amide bonds. The van der Waals surface area contributed by atoms with Crippen molar-refractivity contribution in [2.75, 3.05) is 13.1 Å². The van der Waals surface area contributed by atoms with E-state index in [9.17, 15) is 9.59 Å². The number of hydrogen-bond donors (Lipinski definition) is 4. The average molecular weight is 328 g/mol. The van der Waals surface area contributed by atoms with Gasteiger partial charge in [-0.2, -0.15) is 0 Å². The van der Waals surface area contributed by atoms with Gasteiger partial charge in [0, 0.05) is 0 Å². The zero-order valence-corrected chi connectivity index (χ0v) is 13.1. The summed E-state index contributed by atoms with van der Waals surface area (Å²) in [7, 11) is 0. The molecule has 24 heavy (non-hydrogen) atoms. The molecule has 0 saturated carbocycles. The molecule has 0 bridgehead atoms. The summed E-state index contributed by atoms with van der Waals surface area (Å²) in [4.78, 5) is 22.0. The van der Waals surface area contributed by atoms with Crippen LogP contribution in [0.1, 0.15) is 23.2 Å². The maximum Gasteiger partial charge on any atom is 0.317 e. The first-order chi connectivity index (χ1) is 11.6. The molecule has 2 aromatic rings. The molecular formula is C18H20N2O4. The second kappa shape index (κ2) is 8.81. The Balaban J connectivity index is 2.35. The third kappa shape index (κ3) is 5.19. The highest BCUT2D eigenvalue weighted by Crippen LogP contribution is 2.28. The number of hydrogen-bond acceptors (Lipinski definition) is 4. The van der Waals surface area contributed by atoms with Crippen LogP contribution in [0.4, 0.5) is 0 Å². The van der Waals surface area contributed by atoms with E-state index in [1.54, 1.807) is 0 Å². The molecule has 4 N–H and O–H groups in total. The van der Waals surface area contributed by atoms with Crippen LogP contribution in [0.5, 0.6) is 0 Å². The summed E-state index contributed by atoms with van der Waals surface area (Å²) in [6.07, 6.45) is 0. The van der Waals surface area contributed by atoms with E-state index in [2.05, 4.69) is 10.6 Å². The maximum absolute atomic E-state index is 11.0. The number of carboxylic acids is 2. The molecule has 0 fully saturated rings. The van der Waals surface area contributed by atoms with E-state index in [1.807, 2.05) is 60.7 Å². The van der Waals surface area contributed by atoms with E-state index in [1.165, 1.54) is 0 Å². The monoisotopic (exact) mass is 328 g/mol. The van der Waals surface area contributed by atoms with E-state index < -0.39 is 11.9 Å². The Morgan fingerprint density at radius 3 is 1.33 bits per heavy atom. The summed E-state index contributed by atoms with van der Waals surface area (Å²) < 4.78 is 0. The molecule has 0 aliphatic carbocycles. The lowest BCUT2D eigenvalue weighted by atomic mass is 9.93. The highest BCUT2D eigenvalue weighted by atomic mass is 16.4. The van der Waals surface area contributed by atoms with Gasteiger partial charge < -0.3 is 10.2 Å². The van der Waals surface area contributed by atoms with Crippen molar-refractivity contribution < 1.29 is 19.8 Å². The maximum atomic E-state index is 11.0. The lowest BCUT2D eigenvalue weighted by Gasteiger charge is -2.29. The fraction of sp³-hybridized carbons (Fsp3) is 0.222. The standard InChI is InChI=1S/C18H20N2O4/c21-15(22)11-19-17(13-7-3-1-4-8-13)18(20-12-16(23)24)14-9-5-2-6-10-14/h1-10,17-20H,11-12H2,(H,21,22)(H,23,24)/t17-,18-/m0/s1. The summed E-state index contributed by atoms with van der Waals surface area (Å²) in [6.45, 7) is -0.449. The predicted molar refractivity (Wildman–Crippen MR) is 89.6 cm³/mol. The summed E-state index contributed by atoms with van der Waals surface area (Å²) >= 11 is 0. The Kier molecular flexibility index (Phi) is 6.48. The van der Waals surface area contributed by atoms with E-state index in [0.717, 1.165) is 11.1 Å². The van der Waals surface area contributed by atoms with Gasteiger partial charge in [-0.1, -0.05) is 60.7 Å². The number of nitrogens with one attached hydrogen (secondary N) is 2. The minimum absolute atomic E-state index is 0.225. The van der Waals surface area contributed by atoms with Crippen LogP contribution >= 0.6 is 0 Å². The van der Waals surface area contributed by atoms with E-state index in [4.69, 9.17) is 10.2 Å². The van der Waals surface area contributed by atoms with Gasteiger partial charge >= 0.3 is 11.9 Å². The van der Waals surface area contributed by atoms with Crippen molar-refractivity contribution in [2.24, 2.45) is 0 Å². The van der Waals surface area contributed by atoms with Crippen LogP contribution < -0.4 is 10.6 Å². The number of aliphatic carboxylic acids is 2. The highest BCUT2D eigenvalue weighted by Gasteiger charge is 2.25. The van der Waals surface area contributed by atoms with Crippen molar-refractivity contribution in [1.29, 1.82) is 0 Å². The number of carboxylic acid groups (broad SMARTS) is 2. The van der Waals surface area contributed by atoms with Crippen LogP contribution in [0, 0.1) is 0 Å². The molecule has 2 rings (SSSR count). The van der Waals surface area contributed by atoms with Crippen LogP contribution in [0.25, 0.3) is 0 Å². The summed E-state index contributed by atoms with van der Waals surface area (Å²) in [5, 5.41) is 24.0. The Bertz CT molecular complexity index is 602. The zero-order chi connectivity index (χ0) is 17.4. The zero-order valence-electron chi connectivity index (χ0n) is 13.1. The summed E-state index contributed by atoms with van der Waals surface area (Å²) in [5.41, 5.74) is 1.76. The normalized spacial score (nSPS) is 13.2. The molecule has 0 radical (unpaired) electrons. The molecule has 0 saturated heterocycles.